The summed E-state index contributed by atoms with van der Waals surface area (Å²) in [6.07, 6.45) is 1.21. The van der Waals surface area contributed by atoms with E-state index in [1.165, 1.54) is 18.3 Å². The van der Waals surface area contributed by atoms with Crippen molar-refractivity contribution in [2.24, 2.45) is 0 Å². The van der Waals surface area contributed by atoms with Gasteiger partial charge in [-0.05, 0) is 18.2 Å². The van der Waals surface area contributed by atoms with E-state index in [0.29, 0.717) is 0 Å². The van der Waals surface area contributed by atoms with Crippen LogP contribution in [0.3, 0.4) is 0 Å². The summed E-state index contributed by atoms with van der Waals surface area (Å²) in [5.41, 5.74) is -0.482. The Hall–Kier alpha value is -2.54. The van der Waals surface area contributed by atoms with Crippen LogP contribution in [0.4, 0.5) is 15.8 Å². The van der Waals surface area contributed by atoms with Crippen LogP contribution in [-0.2, 0) is 0 Å². The number of aromatic nitrogens is 1. The lowest BCUT2D eigenvalue weighted by Crippen LogP contribution is -2.13. The first-order valence-electron chi connectivity index (χ1n) is 5.34. The van der Waals surface area contributed by atoms with E-state index in [9.17, 15) is 19.3 Å². The maximum Gasteiger partial charge on any atom is 0.292 e. The maximum atomic E-state index is 13.1. The summed E-state index contributed by atoms with van der Waals surface area (Å²) in [5, 5.41) is 13.3. The molecule has 0 atom stereocenters. The predicted molar refractivity (Wildman–Crippen MR) is 70.3 cm³/mol. The molecule has 8 heteroatoms. The molecule has 0 aliphatic rings. The smallest absolute Gasteiger partial charge is 0.292 e. The van der Waals surface area contributed by atoms with Crippen molar-refractivity contribution in [3.8, 4) is 0 Å². The third-order valence-electron chi connectivity index (χ3n) is 2.39. The van der Waals surface area contributed by atoms with Crippen molar-refractivity contribution in [2.45, 2.75) is 0 Å². The summed E-state index contributed by atoms with van der Waals surface area (Å²) >= 11 is 5.58. The van der Waals surface area contributed by atoms with Crippen LogP contribution in [0.2, 0.25) is 5.15 Å². The van der Waals surface area contributed by atoms with Gasteiger partial charge < -0.3 is 5.32 Å². The second-order valence-electron chi connectivity index (χ2n) is 3.74. The number of hydrogen-bond acceptors (Lipinski definition) is 4. The van der Waals surface area contributed by atoms with Crippen LogP contribution in [0.5, 0.6) is 0 Å². The molecule has 0 aliphatic heterocycles. The zero-order chi connectivity index (χ0) is 14.7. The standard InChI is InChI=1S/C12H7ClFN3O3/c13-11-4-1-7(6-15-11)12(18)16-9-5-8(14)2-3-10(9)17(19)20/h1-6H,(H,16,18). The van der Waals surface area contributed by atoms with Crippen LogP contribution >= 0.6 is 11.6 Å². The van der Waals surface area contributed by atoms with Gasteiger partial charge in [-0.1, -0.05) is 11.6 Å². The van der Waals surface area contributed by atoms with Gasteiger partial charge in [-0.3, -0.25) is 14.9 Å². The van der Waals surface area contributed by atoms with Crippen LogP contribution in [-0.4, -0.2) is 15.8 Å². The van der Waals surface area contributed by atoms with Gasteiger partial charge in [0.2, 0.25) is 0 Å². The first-order chi connectivity index (χ1) is 9.47. The fraction of sp³-hybridized carbons (Fsp3) is 0. The van der Waals surface area contributed by atoms with Gasteiger partial charge in [-0.2, -0.15) is 0 Å². The van der Waals surface area contributed by atoms with Gasteiger partial charge in [0.05, 0.1) is 10.5 Å². The van der Waals surface area contributed by atoms with E-state index in [-0.39, 0.29) is 16.4 Å². The number of carbonyl (C=O) groups excluding carboxylic acids is 1. The van der Waals surface area contributed by atoms with Crippen LogP contribution in [0.15, 0.2) is 36.5 Å². The van der Waals surface area contributed by atoms with Gasteiger partial charge in [-0.25, -0.2) is 9.37 Å². The molecule has 1 heterocycles. The molecule has 1 aromatic carbocycles. The Morgan fingerprint density at radius 1 is 1.35 bits per heavy atom. The minimum absolute atomic E-state index is 0.146. The Morgan fingerprint density at radius 3 is 2.70 bits per heavy atom. The molecule has 0 fully saturated rings. The average Bonchev–Trinajstić information content (AvgIpc) is 2.39. The molecule has 20 heavy (non-hydrogen) atoms. The summed E-state index contributed by atoms with van der Waals surface area (Å²) in [5.74, 6) is -1.34. The molecule has 0 radical (unpaired) electrons. The Bertz CT molecular complexity index is 676. The fourth-order valence-electron chi connectivity index (χ4n) is 1.47. The molecule has 6 nitrogen and oxygen atoms in total. The number of pyridine rings is 1. The van der Waals surface area contributed by atoms with Gasteiger partial charge in [0.25, 0.3) is 11.6 Å². The lowest BCUT2D eigenvalue weighted by Gasteiger charge is -2.06. The first kappa shape index (κ1) is 13.9. The van der Waals surface area contributed by atoms with E-state index in [1.54, 1.807) is 0 Å². The number of halogens is 2. The summed E-state index contributed by atoms with van der Waals surface area (Å²) in [6.45, 7) is 0. The van der Waals surface area contributed by atoms with Crippen molar-refractivity contribution in [1.82, 2.24) is 4.98 Å². The second kappa shape index (κ2) is 5.62. The quantitative estimate of drug-likeness (QED) is 0.536. The predicted octanol–water partition coefficient (Wildman–Crippen LogP) is 3.03. The maximum absolute atomic E-state index is 13.1. The Balaban J connectivity index is 2.29. The average molecular weight is 296 g/mol. The van der Waals surface area contributed by atoms with Crippen molar-refractivity contribution >= 4 is 28.9 Å². The van der Waals surface area contributed by atoms with E-state index >= 15 is 0 Å². The minimum atomic E-state index is -0.713. The van der Waals surface area contributed by atoms with Gasteiger partial charge in [-0.15, -0.1) is 0 Å². The van der Waals surface area contributed by atoms with Crippen molar-refractivity contribution in [1.29, 1.82) is 0 Å². The molecule has 102 valence electrons. The largest absolute Gasteiger partial charge is 0.316 e. The molecule has 0 aliphatic carbocycles. The van der Waals surface area contributed by atoms with Crippen LogP contribution in [0, 0.1) is 15.9 Å². The van der Waals surface area contributed by atoms with E-state index in [1.807, 2.05) is 0 Å². The fourth-order valence-corrected chi connectivity index (χ4v) is 1.58. The number of carbonyl (C=O) groups is 1. The number of nitrogens with zero attached hydrogens (tertiary/aromatic N) is 2. The Kier molecular flexibility index (Phi) is 3.90. The molecule has 2 aromatic rings. The number of hydrogen-bond donors (Lipinski definition) is 1. The molecule has 1 N–H and O–H groups in total. The molecular weight excluding hydrogens is 289 g/mol. The highest BCUT2D eigenvalue weighted by Gasteiger charge is 2.17. The Morgan fingerprint density at radius 2 is 2.10 bits per heavy atom. The van der Waals surface area contributed by atoms with Gasteiger partial charge >= 0.3 is 0 Å². The number of rotatable bonds is 3. The van der Waals surface area contributed by atoms with Crippen LogP contribution < -0.4 is 5.32 Å². The van der Waals surface area contributed by atoms with Crippen LogP contribution in [0.25, 0.3) is 0 Å². The van der Waals surface area contributed by atoms with Crippen LogP contribution in [0.1, 0.15) is 10.4 Å². The van der Waals surface area contributed by atoms with Gasteiger partial charge in [0.1, 0.15) is 16.7 Å². The molecule has 0 saturated heterocycles. The highest BCUT2D eigenvalue weighted by molar-refractivity contribution is 6.29. The van der Waals surface area contributed by atoms with Crippen molar-refractivity contribution < 1.29 is 14.1 Å². The van der Waals surface area contributed by atoms with Gasteiger partial charge in [0, 0.05) is 18.3 Å². The normalized spacial score (nSPS) is 10.1. The number of nitrogens with one attached hydrogen (secondary N) is 1. The molecule has 0 saturated carbocycles. The van der Waals surface area contributed by atoms with E-state index < -0.39 is 22.3 Å². The highest BCUT2D eigenvalue weighted by Crippen LogP contribution is 2.25. The third kappa shape index (κ3) is 3.07. The second-order valence-corrected chi connectivity index (χ2v) is 4.13. The summed E-state index contributed by atoms with van der Waals surface area (Å²) in [4.78, 5) is 25.7. The molecule has 1 amide bonds. The topological polar surface area (TPSA) is 85.1 Å². The highest BCUT2D eigenvalue weighted by atomic mass is 35.5. The first-order valence-corrected chi connectivity index (χ1v) is 5.72. The number of nitro benzene ring substituents is 1. The molecular formula is C12H7ClFN3O3. The molecule has 1 aromatic heterocycles. The van der Waals surface area contributed by atoms with Gasteiger partial charge in [0.15, 0.2) is 0 Å². The van der Waals surface area contributed by atoms with E-state index in [2.05, 4.69) is 10.3 Å². The molecule has 0 unspecified atom stereocenters. The van der Waals surface area contributed by atoms with Crippen molar-refractivity contribution in [2.75, 3.05) is 5.32 Å². The third-order valence-corrected chi connectivity index (χ3v) is 2.62. The Labute approximate surface area is 117 Å². The van der Waals surface area contributed by atoms with E-state index in [4.69, 9.17) is 11.6 Å². The number of nitro groups is 1. The monoisotopic (exact) mass is 295 g/mol. The zero-order valence-electron chi connectivity index (χ0n) is 9.84. The summed E-state index contributed by atoms with van der Waals surface area (Å²) in [7, 11) is 0. The summed E-state index contributed by atoms with van der Waals surface area (Å²) < 4.78 is 13.1. The van der Waals surface area contributed by atoms with Crippen molar-refractivity contribution in [3.05, 3.63) is 63.2 Å². The number of benzene rings is 1. The zero-order valence-corrected chi connectivity index (χ0v) is 10.6. The number of anilines is 1. The molecule has 0 spiro atoms. The van der Waals surface area contributed by atoms with Crippen molar-refractivity contribution in [3.63, 3.8) is 0 Å². The lowest BCUT2D eigenvalue weighted by molar-refractivity contribution is -0.384. The SMILES string of the molecule is O=C(Nc1cc(F)ccc1[N+](=O)[O-])c1ccc(Cl)nc1. The number of amides is 1. The summed E-state index contributed by atoms with van der Waals surface area (Å²) in [6, 6.07) is 5.59. The lowest BCUT2D eigenvalue weighted by atomic mass is 10.2. The minimum Gasteiger partial charge on any atom is -0.316 e. The van der Waals surface area contributed by atoms with E-state index in [0.717, 1.165) is 18.2 Å². The molecule has 2 rings (SSSR count). The molecule has 0 bridgehead atoms.